The van der Waals surface area contributed by atoms with Gasteiger partial charge in [-0.2, -0.15) is 0 Å². The van der Waals surface area contributed by atoms with Crippen molar-refractivity contribution in [2.75, 3.05) is 14.1 Å². The van der Waals surface area contributed by atoms with Crippen LogP contribution in [0.1, 0.15) is 12.5 Å². The molecule has 0 aliphatic heterocycles. The molecule has 92 valence electrons. The first-order valence-electron chi connectivity index (χ1n) is 5.73. The van der Waals surface area contributed by atoms with E-state index < -0.39 is 0 Å². The number of benzene rings is 1. The number of allylic oxidation sites excluding steroid dienone is 1. The Morgan fingerprint density at radius 1 is 1.35 bits per heavy atom. The highest BCUT2D eigenvalue weighted by Crippen LogP contribution is 2.09. The molecule has 3 heteroatoms. The minimum Gasteiger partial charge on any atom is -0.402 e. The first-order chi connectivity index (χ1) is 8.00. The fraction of sp³-hybridized carbons (Fsp3) is 0.357. The number of nitrogens with zero attached hydrogens (tertiary/aromatic N) is 1. The van der Waals surface area contributed by atoms with E-state index >= 15 is 0 Å². The molecule has 0 aliphatic rings. The van der Waals surface area contributed by atoms with E-state index in [0.717, 1.165) is 6.42 Å². The second kappa shape index (κ2) is 6.21. The molecule has 3 nitrogen and oxygen atoms in total. The summed E-state index contributed by atoms with van der Waals surface area (Å²) < 4.78 is 0. The van der Waals surface area contributed by atoms with Crippen molar-refractivity contribution in [2.24, 2.45) is 5.73 Å². The standard InChI is InChI=1S/C14H21N3/c1-11(15)9-13(16)14(17(2)3)10-12-7-5-4-6-8-12/h4-9,14,16H,10,15H2,1-3H3. The molecule has 1 rings (SSSR count). The lowest BCUT2D eigenvalue weighted by atomic mass is 10.0. The third kappa shape index (κ3) is 4.41. The molecule has 0 bridgehead atoms. The van der Waals surface area contributed by atoms with Crippen molar-refractivity contribution in [3.8, 4) is 0 Å². The van der Waals surface area contributed by atoms with Gasteiger partial charge in [0.05, 0.1) is 11.8 Å². The Morgan fingerprint density at radius 3 is 2.41 bits per heavy atom. The minimum atomic E-state index is 0.0656. The largest absolute Gasteiger partial charge is 0.402 e. The van der Waals surface area contributed by atoms with Crippen molar-refractivity contribution >= 4 is 5.71 Å². The van der Waals surface area contributed by atoms with Gasteiger partial charge in [-0.1, -0.05) is 30.3 Å². The third-order valence-corrected chi connectivity index (χ3v) is 2.64. The van der Waals surface area contributed by atoms with Gasteiger partial charge in [0.1, 0.15) is 0 Å². The summed E-state index contributed by atoms with van der Waals surface area (Å²) in [6.07, 6.45) is 2.56. The van der Waals surface area contributed by atoms with Crippen LogP contribution in [0.2, 0.25) is 0 Å². The second-order valence-corrected chi connectivity index (χ2v) is 4.51. The number of hydrogen-bond acceptors (Lipinski definition) is 3. The first kappa shape index (κ1) is 13.5. The van der Waals surface area contributed by atoms with Crippen molar-refractivity contribution in [1.29, 1.82) is 5.41 Å². The summed E-state index contributed by atoms with van der Waals surface area (Å²) in [6.45, 7) is 1.81. The van der Waals surface area contributed by atoms with Crippen LogP contribution in [-0.4, -0.2) is 30.7 Å². The average molecular weight is 231 g/mol. The molecule has 0 radical (unpaired) electrons. The maximum atomic E-state index is 8.06. The Bertz CT molecular complexity index is 389. The Hall–Kier alpha value is -1.61. The molecule has 0 fully saturated rings. The second-order valence-electron chi connectivity index (χ2n) is 4.51. The van der Waals surface area contributed by atoms with Gasteiger partial charge in [-0.15, -0.1) is 0 Å². The van der Waals surface area contributed by atoms with Gasteiger partial charge < -0.3 is 16.0 Å². The zero-order valence-corrected chi connectivity index (χ0v) is 10.8. The molecule has 1 atom stereocenters. The van der Waals surface area contributed by atoms with Crippen molar-refractivity contribution < 1.29 is 0 Å². The molecule has 0 aliphatic carbocycles. The zero-order valence-electron chi connectivity index (χ0n) is 10.8. The van der Waals surface area contributed by atoms with Gasteiger partial charge in [-0.3, -0.25) is 0 Å². The van der Waals surface area contributed by atoms with Crippen LogP contribution in [0.4, 0.5) is 0 Å². The van der Waals surface area contributed by atoms with Crippen LogP contribution in [0.5, 0.6) is 0 Å². The van der Waals surface area contributed by atoms with Crippen LogP contribution in [0.3, 0.4) is 0 Å². The Morgan fingerprint density at radius 2 is 1.94 bits per heavy atom. The van der Waals surface area contributed by atoms with Gasteiger partial charge in [0, 0.05) is 5.70 Å². The number of likely N-dealkylation sites (N-methyl/N-ethyl adjacent to an activating group) is 1. The van der Waals surface area contributed by atoms with Gasteiger partial charge in [0.15, 0.2) is 0 Å². The summed E-state index contributed by atoms with van der Waals surface area (Å²) in [7, 11) is 3.98. The lowest BCUT2D eigenvalue weighted by molar-refractivity contribution is 0.359. The van der Waals surface area contributed by atoms with Crippen LogP contribution in [-0.2, 0) is 6.42 Å². The normalized spacial score (nSPS) is 13.8. The third-order valence-electron chi connectivity index (χ3n) is 2.64. The monoisotopic (exact) mass is 231 g/mol. The molecule has 1 aromatic carbocycles. The zero-order chi connectivity index (χ0) is 12.8. The smallest absolute Gasteiger partial charge is 0.0549 e. The van der Waals surface area contributed by atoms with E-state index in [1.54, 1.807) is 6.08 Å². The number of nitrogens with one attached hydrogen (secondary N) is 1. The summed E-state index contributed by atoms with van der Waals surface area (Å²) in [5.74, 6) is 0. The van der Waals surface area contributed by atoms with Crippen molar-refractivity contribution in [3.63, 3.8) is 0 Å². The van der Waals surface area contributed by atoms with Gasteiger partial charge in [0.25, 0.3) is 0 Å². The van der Waals surface area contributed by atoms with Gasteiger partial charge in [-0.05, 0) is 39.1 Å². The molecular formula is C14H21N3. The average Bonchev–Trinajstić information content (AvgIpc) is 2.25. The van der Waals surface area contributed by atoms with E-state index in [0.29, 0.717) is 11.4 Å². The van der Waals surface area contributed by atoms with Crippen LogP contribution >= 0.6 is 0 Å². The fourth-order valence-electron chi connectivity index (χ4n) is 1.75. The van der Waals surface area contributed by atoms with Crippen molar-refractivity contribution in [1.82, 2.24) is 4.90 Å². The highest BCUT2D eigenvalue weighted by atomic mass is 15.1. The SMILES string of the molecule is CC(N)=CC(=N)C(Cc1ccccc1)N(C)C. The van der Waals surface area contributed by atoms with E-state index in [1.165, 1.54) is 5.56 Å². The quantitative estimate of drug-likeness (QED) is 0.762. The number of hydrogen-bond donors (Lipinski definition) is 2. The van der Waals surface area contributed by atoms with Crippen LogP contribution in [0.15, 0.2) is 42.1 Å². The molecule has 1 unspecified atom stereocenters. The predicted octanol–water partition coefficient (Wildman–Crippen LogP) is 2.04. The molecule has 0 aromatic heterocycles. The molecule has 0 amide bonds. The highest BCUT2D eigenvalue weighted by Gasteiger charge is 2.15. The molecule has 3 N–H and O–H groups in total. The predicted molar refractivity (Wildman–Crippen MR) is 73.3 cm³/mol. The van der Waals surface area contributed by atoms with E-state index in [9.17, 15) is 0 Å². The van der Waals surface area contributed by atoms with Gasteiger partial charge in [-0.25, -0.2) is 0 Å². The van der Waals surface area contributed by atoms with Gasteiger partial charge >= 0.3 is 0 Å². The number of nitrogens with two attached hydrogens (primary N) is 1. The maximum Gasteiger partial charge on any atom is 0.0549 e. The summed E-state index contributed by atoms with van der Waals surface area (Å²) in [5, 5.41) is 8.06. The van der Waals surface area contributed by atoms with E-state index in [2.05, 4.69) is 17.0 Å². The highest BCUT2D eigenvalue weighted by molar-refractivity contribution is 5.97. The van der Waals surface area contributed by atoms with Crippen LogP contribution in [0.25, 0.3) is 0 Å². The fourth-order valence-corrected chi connectivity index (χ4v) is 1.75. The molecule has 1 aromatic rings. The Labute approximate surface area is 103 Å². The van der Waals surface area contributed by atoms with Gasteiger partial charge in [0.2, 0.25) is 0 Å². The molecule has 0 saturated heterocycles. The Kier molecular flexibility index (Phi) is 4.91. The molecule has 0 saturated carbocycles. The molecule has 0 heterocycles. The molecule has 17 heavy (non-hydrogen) atoms. The van der Waals surface area contributed by atoms with E-state index in [4.69, 9.17) is 11.1 Å². The summed E-state index contributed by atoms with van der Waals surface area (Å²) in [5.41, 5.74) is 8.09. The van der Waals surface area contributed by atoms with Crippen LogP contribution in [0, 0.1) is 5.41 Å². The summed E-state index contributed by atoms with van der Waals surface area (Å²) >= 11 is 0. The lowest BCUT2D eigenvalue weighted by Crippen LogP contribution is -2.36. The summed E-state index contributed by atoms with van der Waals surface area (Å²) in [6, 6.07) is 10.3. The van der Waals surface area contributed by atoms with Crippen LogP contribution < -0.4 is 5.73 Å². The first-order valence-corrected chi connectivity index (χ1v) is 5.73. The Balaban J connectivity index is 2.81. The maximum absolute atomic E-state index is 8.06. The number of rotatable bonds is 5. The van der Waals surface area contributed by atoms with E-state index in [-0.39, 0.29) is 6.04 Å². The lowest BCUT2D eigenvalue weighted by Gasteiger charge is -2.24. The summed E-state index contributed by atoms with van der Waals surface area (Å²) in [4.78, 5) is 2.05. The van der Waals surface area contributed by atoms with E-state index in [1.807, 2.05) is 39.2 Å². The van der Waals surface area contributed by atoms with Crippen molar-refractivity contribution in [2.45, 2.75) is 19.4 Å². The topological polar surface area (TPSA) is 53.1 Å². The molecular weight excluding hydrogens is 210 g/mol. The van der Waals surface area contributed by atoms with Crippen molar-refractivity contribution in [3.05, 3.63) is 47.7 Å². The minimum absolute atomic E-state index is 0.0656. The molecule has 0 spiro atoms.